The van der Waals surface area contributed by atoms with Crippen molar-refractivity contribution in [1.82, 2.24) is 0 Å². The van der Waals surface area contributed by atoms with Gasteiger partial charge in [0, 0.05) is 11.9 Å². The Hall–Kier alpha value is -0.294. The number of rotatable bonds is 14. The molecule has 0 aromatic heterocycles. The van der Waals surface area contributed by atoms with Crippen LogP contribution in [-0.4, -0.2) is 35.0 Å². The van der Waals surface area contributed by atoms with Crippen molar-refractivity contribution in [3.05, 3.63) is 0 Å². The standard InChI is InChI=1S/2C10H20O2.Mg/c2*1-3-5-6-7-8-9(4-2)10(11)12;/h2*9H,3-8H2,1-2H3,(H,11,12);/q;;+2/p-2. The van der Waals surface area contributed by atoms with Crippen LogP contribution >= 0.6 is 0 Å². The number of carbonyl (C=O) groups is 2. The fourth-order valence-corrected chi connectivity index (χ4v) is 2.61. The van der Waals surface area contributed by atoms with Crippen LogP contribution in [0.15, 0.2) is 0 Å². The van der Waals surface area contributed by atoms with E-state index in [1.165, 1.54) is 25.7 Å². The summed E-state index contributed by atoms with van der Waals surface area (Å²) >= 11 is 0. The van der Waals surface area contributed by atoms with E-state index >= 15 is 0 Å². The van der Waals surface area contributed by atoms with Gasteiger partial charge in [0.25, 0.3) is 0 Å². The van der Waals surface area contributed by atoms with E-state index in [1.54, 1.807) is 0 Å². The minimum absolute atomic E-state index is 0. The van der Waals surface area contributed by atoms with Gasteiger partial charge in [-0.25, -0.2) is 0 Å². The first-order valence-corrected chi connectivity index (χ1v) is 9.86. The van der Waals surface area contributed by atoms with Crippen LogP contribution in [0.1, 0.15) is 105 Å². The van der Waals surface area contributed by atoms with Crippen LogP contribution in [0.2, 0.25) is 0 Å². The minimum atomic E-state index is -0.881. The molecular weight excluding hydrogens is 329 g/mol. The number of carboxylic acids is 2. The van der Waals surface area contributed by atoms with E-state index in [1.807, 2.05) is 13.8 Å². The van der Waals surface area contributed by atoms with E-state index in [-0.39, 0.29) is 34.9 Å². The third-order valence-corrected chi connectivity index (χ3v) is 4.46. The van der Waals surface area contributed by atoms with Crippen molar-refractivity contribution in [2.45, 2.75) is 105 Å². The van der Waals surface area contributed by atoms with Crippen LogP contribution in [0.25, 0.3) is 0 Å². The molecule has 25 heavy (non-hydrogen) atoms. The molecule has 0 aromatic rings. The van der Waals surface area contributed by atoms with Crippen molar-refractivity contribution in [3.63, 3.8) is 0 Å². The molecule has 0 radical (unpaired) electrons. The first-order valence-electron chi connectivity index (χ1n) is 9.86. The van der Waals surface area contributed by atoms with Crippen LogP contribution < -0.4 is 10.2 Å². The Morgan fingerprint density at radius 2 is 0.960 bits per heavy atom. The summed E-state index contributed by atoms with van der Waals surface area (Å²) in [6.07, 6.45) is 12.2. The second-order valence-electron chi connectivity index (χ2n) is 6.55. The molecule has 0 rings (SSSR count). The minimum Gasteiger partial charge on any atom is -0.550 e. The molecule has 0 spiro atoms. The van der Waals surface area contributed by atoms with Crippen molar-refractivity contribution in [2.75, 3.05) is 0 Å². The van der Waals surface area contributed by atoms with Crippen LogP contribution in [0, 0.1) is 11.8 Å². The van der Waals surface area contributed by atoms with Gasteiger partial charge in [0.05, 0.1) is 0 Å². The van der Waals surface area contributed by atoms with Gasteiger partial charge in [0.2, 0.25) is 0 Å². The summed E-state index contributed by atoms with van der Waals surface area (Å²) in [4.78, 5) is 21.0. The molecule has 0 fully saturated rings. The Morgan fingerprint density at radius 3 is 1.16 bits per heavy atom. The normalized spacial score (nSPS) is 12.3. The summed E-state index contributed by atoms with van der Waals surface area (Å²) in [5.74, 6) is -2.20. The summed E-state index contributed by atoms with van der Waals surface area (Å²) < 4.78 is 0. The molecule has 0 saturated heterocycles. The molecule has 0 aliphatic rings. The van der Waals surface area contributed by atoms with Crippen molar-refractivity contribution in [2.24, 2.45) is 11.8 Å². The second-order valence-corrected chi connectivity index (χ2v) is 6.55. The van der Waals surface area contributed by atoms with E-state index in [9.17, 15) is 19.8 Å². The molecular formula is C20H38MgO4. The summed E-state index contributed by atoms with van der Waals surface area (Å²) in [6.45, 7) is 8.10. The average Bonchev–Trinajstić information content (AvgIpc) is 2.55. The fraction of sp³-hybridized carbons (Fsp3) is 0.900. The van der Waals surface area contributed by atoms with E-state index in [4.69, 9.17) is 0 Å². The molecule has 0 aliphatic heterocycles. The van der Waals surface area contributed by atoms with Crippen LogP contribution in [0.5, 0.6) is 0 Å². The summed E-state index contributed by atoms with van der Waals surface area (Å²) in [6, 6.07) is 0. The summed E-state index contributed by atoms with van der Waals surface area (Å²) in [5, 5.41) is 21.0. The van der Waals surface area contributed by atoms with Crippen molar-refractivity contribution < 1.29 is 19.8 Å². The largest absolute Gasteiger partial charge is 2.00 e. The first-order chi connectivity index (χ1) is 11.4. The summed E-state index contributed by atoms with van der Waals surface area (Å²) in [5.41, 5.74) is 0. The van der Waals surface area contributed by atoms with Crippen molar-refractivity contribution in [1.29, 1.82) is 0 Å². The molecule has 0 amide bonds. The Bertz CT molecular complexity index is 278. The molecule has 0 heterocycles. The number of carboxylic acid groups (broad SMARTS) is 2. The molecule has 0 saturated carbocycles. The predicted molar refractivity (Wildman–Crippen MR) is 101 cm³/mol. The molecule has 0 aromatic carbocycles. The monoisotopic (exact) mass is 366 g/mol. The van der Waals surface area contributed by atoms with Crippen molar-refractivity contribution >= 4 is 35.0 Å². The molecule has 4 nitrogen and oxygen atoms in total. The van der Waals surface area contributed by atoms with Gasteiger partial charge in [-0.05, 0) is 37.5 Å². The number of aliphatic carboxylic acids is 2. The van der Waals surface area contributed by atoms with E-state index in [0.717, 1.165) is 38.5 Å². The number of hydrogen-bond donors (Lipinski definition) is 0. The van der Waals surface area contributed by atoms with Gasteiger partial charge in [0.15, 0.2) is 0 Å². The molecule has 5 heteroatoms. The summed E-state index contributed by atoms with van der Waals surface area (Å²) in [7, 11) is 0. The first kappa shape index (κ1) is 29.5. The maximum Gasteiger partial charge on any atom is 2.00 e. The Kier molecular flexibility index (Phi) is 25.6. The van der Waals surface area contributed by atoms with E-state index in [0.29, 0.717) is 12.8 Å². The Labute approximate surface area is 171 Å². The van der Waals surface area contributed by atoms with Crippen LogP contribution in [-0.2, 0) is 9.59 Å². The van der Waals surface area contributed by atoms with Crippen LogP contribution in [0.4, 0.5) is 0 Å². The maximum atomic E-state index is 10.5. The van der Waals surface area contributed by atoms with Crippen LogP contribution in [0.3, 0.4) is 0 Å². The molecule has 2 atom stereocenters. The average molecular weight is 367 g/mol. The van der Waals surface area contributed by atoms with Gasteiger partial charge >= 0.3 is 23.1 Å². The van der Waals surface area contributed by atoms with Crippen molar-refractivity contribution in [3.8, 4) is 0 Å². The third kappa shape index (κ3) is 19.9. The van der Waals surface area contributed by atoms with Gasteiger partial charge in [-0.1, -0.05) is 79.1 Å². The number of carbonyl (C=O) groups excluding carboxylic acids is 2. The molecule has 2 unspecified atom stereocenters. The van der Waals surface area contributed by atoms with Gasteiger partial charge in [0.1, 0.15) is 0 Å². The predicted octanol–water partition coefficient (Wildman–Crippen LogP) is 3.09. The SMILES string of the molecule is CCCCCCC(CC)C(=O)[O-].CCCCCCC(CC)C(=O)[O-].[Mg+2]. The quantitative estimate of drug-likeness (QED) is 0.349. The molecule has 0 aliphatic carbocycles. The molecule has 0 N–H and O–H groups in total. The zero-order chi connectivity index (χ0) is 18.8. The van der Waals surface area contributed by atoms with Gasteiger partial charge in [-0.15, -0.1) is 0 Å². The third-order valence-electron chi connectivity index (χ3n) is 4.46. The molecule has 144 valence electrons. The second kappa shape index (κ2) is 21.7. The van der Waals surface area contributed by atoms with Gasteiger partial charge < -0.3 is 19.8 Å². The van der Waals surface area contributed by atoms with E-state index < -0.39 is 11.9 Å². The molecule has 0 bridgehead atoms. The zero-order valence-corrected chi connectivity index (χ0v) is 18.4. The fourth-order valence-electron chi connectivity index (χ4n) is 2.61. The maximum absolute atomic E-state index is 10.5. The smallest absolute Gasteiger partial charge is 0.550 e. The number of hydrogen-bond acceptors (Lipinski definition) is 4. The Balaban J connectivity index is -0.000000372. The Morgan fingerprint density at radius 1 is 0.640 bits per heavy atom. The topological polar surface area (TPSA) is 80.3 Å². The number of unbranched alkanes of at least 4 members (excludes halogenated alkanes) is 6. The van der Waals surface area contributed by atoms with Gasteiger partial charge in [-0.2, -0.15) is 0 Å². The zero-order valence-electron chi connectivity index (χ0n) is 17.0. The van der Waals surface area contributed by atoms with E-state index in [2.05, 4.69) is 13.8 Å². The van der Waals surface area contributed by atoms with Gasteiger partial charge in [-0.3, -0.25) is 0 Å².